The normalized spacial score (nSPS) is 14.2. The van der Waals surface area contributed by atoms with E-state index >= 15 is 0 Å². The van der Waals surface area contributed by atoms with E-state index in [1.54, 1.807) is 18.2 Å². The number of nitrogens with one attached hydrogen (secondary N) is 1. The van der Waals surface area contributed by atoms with Crippen molar-refractivity contribution in [1.29, 1.82) is 0 Å². The second kappa shape index (κ2) is 9.20. The van der Waals surface area contributed by atoms with Crippen LogP contribution in [0, 0.1) is 10.1 Å². The maximum Gasteiger partial charge on any atom is 0.408 e. The maximum atomic E-state index is 11.6. The van der Waals surface area contributed by atoms with Crippen LogP contribution in [0.15, 0.2) is 36.4 Å². The van der Waals surface area contributed by atoms with Crippen molar-refractivity contribution in [2.75, 3.05) is 23.3 Å². The average Bonchev–Trinajstić information content (AvgIpc) is 2.72. The first-order chi connectivity index (χ1) is 14.6. The highest BCUT2D eigenvalue weighted by Gasteiger charge is 2.26. The van der Waals surface area contributed by atoms with Gasteiger partial charge in [-0.25, -0.2) is 9.78 Å². The van der Waals surface area contributed by atoms with Crippen LogP contribution >= 0.6 is 0 Å². The van der Waals surface area contributed by atoms with E-state index < -0.39 is 16.6 Å². The van der Waals surface area contributed by atoms with Crippen LogP contribution in [0.1, 0.15) is 45.6 Å². The van der Waals surface area contributed by atoms with E-state index in [-0.39, 0.29) is 18.1 Å². The molecule has 0 saturated carbocycles. The average molecular weight is 428 g/mol. The van der Waals surface area contributed by atoms with Gasteiger partial charge in [0.2, 0.25) is 5.82 Å². The summed E-state index contributed by atoms with van der Waals surface area (Å²) in [5.74, 6) is 0.925. The van der Waals surface area contributed by atoms with Crippen LogP contribution in [-0.4, -0.2) is 44.6 Å². The fourth-order valence-electron chi connectivity index (χ4n) is 3.58. The summed E-state index contributed by atoms with van der Waals surface area (Å²) in [6.07, 6.45) is 2.38. The molecule has 1 fully saturated rings. The van der Waals surface area contributed by atoms with Gasteiger partial charge in [-0.05, 0) is 63.8 Å². The lowest BCUT2D eigenvalue weighted by atomic mass is 10.1. The molecule has 2 N–H and O–H groups in total. The molecule has 0 aliphatic carbocycles. The van der Waals surface area contributed by atoms with E-state index in [1.165, 1.54) is 17.4 Å². The minimum atomic E-state index is -0.982. The Morgan fingerprint density at radius 1 is 1.16 bits per heavy atom. The maximum absolute atomic E-state index is 11.6. The van der Waals surface area contributed by atoms with E-state index in [1.807, 2.05) is 32.9 Å². The van der Waals surface area contributed by atoms with Crippen molar-refractivity contribution in [3.05, 3.63) is 52.1 Å². The van der Waals surface area contributed by atoms with Gasteiger partial charge in [0, 0.05) is 36.9 Å². The lowest BCUT2D eigenvalue weighted by molar-refractivity contribution is -0.384. The number of nitrogens with zero attached hydrogens (tertiary/aromatic N) is 4. The molecule has 2 heterocycles. The first-order valence-electron chi connectivity index (χ1n) is 10.4. The van der Waals surface area contributed by atoms with Gasteiger partial charge in [-0.2, -0.15) is 0 Å². The minimum Gasteiger partial charge on any atom is -0.465 e. The molecule has 0 radical (unpaired) electrons. The van der Waals surface area contributed by atoms with E-state index in [2.05, 4.69) is 15.2 Å². The largest absolute Gasteiger partial charge is 0.465 e. The Morgan fingerprint density at radius 2 is 1.81 bits per heavy atom. The number of piperidine rings is 1. The Hall–Kier alpha value is -3.36. The minimum absolute atomic E-state index is 0.0883. The second-order valence-electron chi connectivity index (χ2n) is 8.70. The van der Waals surface area contributed by atoms with Crippen molar-refractivity contribution in [2.45, 2.75) is 52.1 Å². The lowest BCUT2D eigenvalue weighted by Crippen LogP contribution is -2.44. The quantitative estimate of drug-likeness (QED) is 0.493. The van der Waals surface area contributed by atoms with Gasteiger partial charge in [-0.3, -0.25) is 15.0 Å². The molecule has 1 aromatic heterocycles. The van der Waals surface area contributed by atoms with Crippen LogP contribution in [-0.2, 0) is 6.54 Å². The number of anilines is 3. The zero-order valence-electron chi connectivity index (χ0n) is 18.2. The van der Waals surface area contributed by atoms with Crippen molar-refractivity contribution in [2.24, 2.45) is 0 Å². The summed E-state index contributed by atoms with van der Waals surface area (Å²) in [6.45, 7) is 7.58. The summed E-state index contributed by atoms with van der Waals surface area (Å²) in [5.41, 5.74) is 0.858. The number of carbonyl (C=O) groups is 1. The van der Waals surface area contributed by atoms with Gasteiger partial charge in [0.15, 0.2) is 0 Å². The molecule has 1 aliphatic heterocycles. The molecule has 0 bridgehead atoms. The van der Waals surface area contributed by atoms with Gasteiger partial charge >= 0.3 is 11.8 Å². The van der Waals surface area contributed by atoms with E-state index in [0.29, 0.717) is 5.69 Å². The molecule has 1 amide bonds. The number of pyridine rings is 1. The molecule has 1 saturated heterocycles. The van der Waals surface area contributed by atoms with Crippen molar-refractivity contribution in [3.63, 3.8) is 0 Å². The summed E-state index contributed by atoms with van der Waals surface area (Å²) in [5, 5.41) is 24.0. The molecule has 166 valence electrons. The fraction of sp³-hybridized carbons (Fsp3) is 0.455. The van der Waals surface area contributed by atoms with Crippen LogP contribution in [0.5, 0.6) is 0 Å². The van der Waals surface area contributed by atoms with Crippen LogP contribution < -0.4 is 10.2 Å². The van der Waals surface area contributed by atoms with Crippen LogP contribution in [0.4, 0.5) is 27.8 Å². The Bertz CT molecular complexity index is 934. The topological polar surface area (TPSA) is 112 Å². The van der Waals surface area contributed by atoms with Crippen molar-refractivity contribution in [1.82, 2.24) is 9.88 Å². The predicted molar refractivity (Wildman–Crippen MR) is 120 cm³/mol. The van der Waals surface area contributed by atoms with E-state index in [0.717, 1.165) is 37.3 Å². The molecule has 3 rings (SSSR count). The van der Waals surface area contributed by atoms with Crippen LogP contribution in [0.2, 0.25) is 0 Å². The summed E-state index contributed by atoms with van der Waals surface area (Å²) < 4.78 is 0. The molecule has 1 aliphatic rings. The zero-order valence-corrected chi connectivity index (χ0v) is 18.2. The molecule has 9 nitrogen and oxygen atoms in total. The number of rotatable bonds is 6. The summed E-state index contributed by atoms with van der Waals surface area (Å²) in [6, 6.07) is 10.4. The first-order valence-corrected chi connectivity index (χ1v) is 10.4. The van der Waals surface area contributed by atoms with E-state index in [4.69, 9.17) is 0 Å². The Balaban J connectivity index is 1.79. The van der Waals surface area contributed by atoms with Crippen molar-refractivity contribution >= 4 is 29.1 Å². The number of hydrogen-bond donors (Lipinski definition) is 2. The molecule has 0 unspecified atom stereocenters. The van der Waals surface area contributed by atoms with Gasteiger partial charge in [-0.15, -0.1) is 0 Å². The number of aromatic nitrogens is 1. The highest BCUT2D eigenvalue weighted by atomic mass is 16.6. The van der Waals surface area contributed by atoms with Crippen molar-refractivity contribution < 1.29 is 14.8 Å². The molecule has 1 aromatic carbocycles. The zero-order chi connectivity index (χ0) is 22.6. The standard InChI is InChI=1S/C22H29N5O4/c1-22(2,3)26(21(28)29)15-16-7-9-17(10-8-16)23-20-18(27(30)31)11-12-19(24-20)25-13-5-4-6-14-25/h7-12H,4-6,13-15H2,1-3H3,(H,23,24)(H,28,29). The van der Waals surface area contributed by atoms with Gasteiger partial charge in [0.05, 0.1) is 4.92 Å². The smallest absolute Gasteiger partial charge is 0.408 e. The molecular weight excluding hydrogens is 398 g/mol. The summed E-state index contributed by atoms with van der Waals surface area (Å²) in [7, 11) is 0. The Kier molecular flexibility index (Phi) is 6.62. The monoisotopic (exact) mass is 427 g/mol. The Morgan fingerprint density at radius 3 is 2.35 bits per heavy atom. The SMILES string of the molecule is CC(C)(C)N(Cc1ccc(Nc2nc(N3CCCCC3)ccc2[N+](=O)[O-])cc1)C(=O)O. The molecular formula is C22H29N5O4. The highest BCUT2D eigenvalue weighted by Crippen LogP contribution is 2.30. The van der Waals surface area contributed by atoms with E-state index in [9.17, 15) is 20.0 Å². The number of benzene rings is 1. The first kappa shape index (κ1) is 22.3. The summed E-state index contributed by atoms with van der Waals surface area (Å²) in [4.78, 5) is 30.6. The number of amides is 1. The predicted octanol–water partition coefficient (Wildman–Crippen LogP) is 5.00. The molecule has 31 heavy (non-hydrogen) atoms. The van der Waals surface area contributed by atoms with Gasteiger partial charge < -0.3 is 15.3 Å². The number of nitro groups is 1. The molecule has 9 heteroatoms. The fourth-order valence-corrected chi connectivity index (χ4v) is 3.58. The third-order valence-corrected chi connectivity index (χ3v) is 5.33. The lowest BCUT2D eigenvalue weighted by Gasteiger charge is -2.33. The second-order valence-corrected chi connectivity index (χ2v) is 8.70. The Labute approximate surface area is 181 Å². The number of carboxylic acid groups (broad SMARTS) is 1. The van der Waals surface area contributed by atoms with Crippen LogP contribution in [0.25, 0.3) is 0 Å². The van der Waals surface area contributed by atoms with Gasteiger partial charge in [-0.1, -0.05) is 12.1 Å². The van der Waals surface area contributed by atoms with Gasteiger partial charge in [0.1, 0.15) is 5.82 Å². The summed E-state index contributed by atoms with van der Waals surface area (Å²) >= 11 is 0. The van der Waals surface area contributed by atoms with Crippen LogP contribution in [0.3, 0.4) is 0 Å². The highest BCUT2D eigenvalue weighted by molar-refractivity contribution is 5.68. The third kappa shape index (κ3) is 5.62. The van der Waals surface area contributed by atoms with Crippen molar-refractivity contribution in [3.8, 4) is 0 Å². The molecule has 0 atom stereocenters. The molecule has 2 aromatic rings. The third-order valence-electron chi connectivity index (χ3n) is 5.33. The molecule has 0 spiro atoms. The van der Waals surface area contributed by atoms with Gasteiger partial charge in [0.25, 0.3) is 0 Å². The number of hydrogen-bond acceptors (Lipinski definition) is 6.